The van der Waals surface area contributed by atoms with Crippen LogP contribution in [0.3, 0.4) is 0 Å². The summed E-state index contributed by atoms with van der Waals surface area (Å²) in [6, 6.07) is 7.50. The van der Waals surface area contributed by atoms with E-state index in [0.29, 0.717) is 5.75 Å². The molecule has 0 aliphatic heterocycles. The number of hydrogen-bond acceptors (Lipinski definition) is 3. The van der Waals surface area contributed by atoms with E-state index < -0.39 is 5.91 Å². The first-order valence-corrected chi connectivity index (χ1v) is 4.37. The Balaban J connectivity index is 2.50. The number of carbonyl (C=O) groups excluding carboxylic acids is 1. The van der Waals surface area contributed by atoms with Gasteiger partial charge in [0.2, 0.25) is 0 Å². The Hall–Kier alpha value is -1.55. The Morgan fingerprint density at radius 3 is 2.57 bits per heavy atom. The number of ether oxygens (including phenoxy) is 1. The predicted octanol–water partition coefficient (Wildman–Crippen LogP) is 0.270. The Kier molecular flexibility index (Phi) is 3.94. The highest BCUT2D eigenvalue weighted by Gasteiger charge is 1.97. The first-order chi connectivity index (χ1) is 6.72. The van der Waals surface area contributed by atoms with E-state index in [1.807, 2.05) is 31.3 Å². The summed E-state index contributed by atoms with van der Waals surface area (Å²) in [6.45, 7) is 0.738. The summed E-state index contributed by atoms with van der Waals surface area (Å²) in [6.07, 6.45) is 0. The molecule has 1 amide bonds. The number of benzene rings is 1. The zero-order chi connectivity index (χ0) is 10.4. The zero-order valence-corrected chi connectivity index (χ0v) is 8.12. The fraction of sp³-hybridized carbons (Fsp3) is 0.300. The van der Waals surface area contributed by atoms with Crippen molar-refractivity contribution in [3.05, 3.63) is 29.8 Å². The Labute approximate surface area is 83.1 Å². The molecule has 0 aliphatic carbocycles. The summed E-state index contributed by atoms with van der Waals surface area (Å²) in [5, 5.41) is 3.04. The van der Waals surface area contributed by atoms with Crippen LogP contribution in [0.15, 0.2) is 24.3 Å². The van der Waals surface area contributed by atoms with E-state index in [-0.39, 0.29) is 6.61 Å². The van der Waals surface area contributed by atoms with Gasteiger partial charge in [-0.05, 0) is 24.7 Å². The first-order valence-electron chi connectivity index (χ1n) is 4.37. The summed E-state index contributed by atoms with van der Waals surface area (Å²) in [5.41, 5.74) is 6.11. The van der Waals surface area contributed by atoms with Crippen molar-refractivity contribution in [1.29, 1.82) is 0 Å². The van der Waals surface area contributed by atoms with Crippen LogP contribution in [0.1, 0.15) is 5.56 Å². The molecule has 0 aliphatic rings. The SMILES string of the molecule is CNCc1ccc(OCC(N)=O)cc1. The Morgan fingerprint density at radius 1 is 1.43 bits per heavy atom. The van der Waals surface area contributed by atoms with Crippen LogP contribution >= 0.6 is 0 Å². The van der Waals surface area contributed by atoms with Crippen LogP contribution in [0.5, 0.6) is 5.75 Å². The van der Waals surface area contributed by atoms with Crippen molar-refractivity contribution in [3.8, 4) is 5.75 Å². The second kappa shape index (κ2) is 5.24. The van der Waals surface area contributed by atoms with Crippen LogP contribution in [0.25, 0.3) is 0 Å². The fourth-order valence-corrected chi connectivity index (χ4v) is 1.06. The van der Waals surface area contributed by atoms with Crippen molar-refractivity contribution in [2.75, 3.05) is 13.7 Å². The lowest BCUT2D eigenvalue weighted by Gasteiger charge is -2.04. The van der Waals surface area contributed by atoms with Crippen molar-refractivity contribution in [1.82, 2.24) is 5.32 Å². The molecule has 0 heterocycles. The number of amides is 1. The van der Waals surface area contributed by atoms with Crippen LogP contribution in [0.4, 0.5) is 0 Å². The van der Waals surface area contributed by atoms with Crippen LogP contribution in [0.2, 0.25) is 0 Å². The van der Waals surface area contributed by atoms with Gasteiger partial charge in [-0.15, -0.1) is 0 Å². The molecule has 0 fully saturated rings. The van der Waals surface area contributed by atoms with Crippen molar-refractivity contribution in [2.45, 2.75) is 6.54 Å². The van der Waals surface area contributed by atoms with E-state index in [4.69, 9.17) is 10.5 Å². The average Bonchev–Trinajstić information content (AvgIpc) is 2.17. The molecule has 0 radical (unpaired) electrons. The normalized spacial score (nSPS) is 9.79. The number of nitrogens with one attached hydrogen (secondary N) is 1. The standard InChI is InChI=1S/C10H14N2O2/c1-12-6-8-2-4-9(5-3-8)14-7-10(11)13/h2-5,12H,6-7H2,1H3,(H2,11,13). The molecule has 0 bridgehead atoms. The summed E-state index contributed by atoms with van der Waals surface area (Å²) >= 11 is 0. The highest BCUT2D eigenvalue weighted by atomic mass is 16.5. The smallest absolute Gasteiger partial charge is 0.255 e. The molecular formula is C10H14N2O2. The molecule has 0 atom stereocenters. The third kappa shape index (κ3) is 3.45. The van der Waals surface area contributed by atoms with E-state index in [1.54, 1.807) is 0 Å². The van der Waals surface area contributed by atoms with E-state index >= 15 is 0 Å². The van der Waals surface area contributed by atoms with Gasteiger partial charge in [0.15, 0.2) is 6.61 Å². The topological polar surface area (TPSA) is 64.3 Å². The first kappa shape index (κ1) is 10.5. The van der Waals surface area contributed by atoms with Crippen molar-refractivity contribution >= 4 is 5.91 Å². The molecule has 76 valence electrons. The summed E-state index contributed by atoms with van der Waals surface area (Å²) in [4.78, 5) is 10.4. The zero-order valence-electron chi connectivity index (χ0n) is 8.12. The van der Waals surface area contributed by atoms with E-state index in [0.717, 1.165) is 6.54 Å². The molecule has 1 aromatic carbocycles. The molecule has 0 saturated carbocycles. The maximum absolute atomic E-state index is 10.4. The molecule has 0 saturated heterocycles. The molecule has 4 nitrogen and oxygen atoms in total. The van der Waals surface area contributed by atoms with Crippen molar-refractivity contribution in [2.24, 2.45) is 5.73 Å². The van der Waals surface area contributed by atoms with Crippen LogP contribution in [-0.4, -0.2) is 19.6 Å². The minimum absolute atomic E-state index is 0.0780. The molecule has 1 aromatic rings. The fourth-order valence-electron chi connectivity index (χ4n) is 1.06. The number of rotatable bonds is 5. The van der Waals surface area contributed by atoms with E-state index in [2.05, 4.69) is 5.32 Å². The molecular weight excluding hydrogens is 180 g/mol. The Morgan fingerprint density at radius 2 is 2.07 bits per heavy atom. The average molecular weight is 194 g/mol. The maximum atomic E-state index is 10.4. The lowest BCUT2D eigenvalue weighted by molar-refractivity contribution is -0.119. The third-order valence-electron chi connectivity index (χ3n) is 1.69. The summed E-state index contributed by atoms with van der Waals surface area (Å²) in [7, 11) is 1.89. The van der Waals surface area contributed by atoms with Gasteiger partial charge < -0.3 is 15.8 Å². The van der Waals surface area contributed by atoms with Gasteiger partial charge in [-0.3, -0.25) is 4.79 Å². The highest BCUT2D eigenvalue weighted by Crippen LogP contribution is 2.11. The van der Waals surface area contributed by atoms with E-state index in [1.165, 1.54) is 5.56 Å². The van der Waals surface area contributed by atoms with Gasteiger partial charge in [0.25, 0.3) is 5.91 Å². The number of hydrogen-bond donors (Lipinski definition) is 2. The summed E-state index contributed by atoms with van der Waals surface area (Å²) < 4.78 is 5.11. The lowest BCUT2D eigenvalue weighted by Crippen LogP contribution is -2.20. The van der Waals surface area contributed by atoms with Gasteiger partial charge >= 0.3 is 0 Å². The second-order valence-corrected chi connectivity index (χ2v) is 2.93. The largest absolute Gasteiger partial charge is 0.484 e. The van der Waals surface area contributed by atoms with Crippen LogP contribution in [0, 0.1) is 0 Å². The molecule has 0 spiro atoms. The molecule has 0 aromatic heterocycles. The second-order valence-electron chi connectivity index (χ2n) is 2.93. The van der Waals surface area contributed by atoms with Crippen LogP contribution < -0.4 is 15.8 Å². The molecule has 1 rings (SSSR count). The minimum atomic E-state index is -0.468. The van der Waals surface area contributed by atoms with Gasteiger partial charge in [0.1, 0.15) is 5.75 Å². The van der Waals surface area contributed by atoms with Gasteiger partial charge in [0, 0.05) is 6.54 Å². The lowest BCUT2D eigenvalue weighted by atomic mass is 10.2. The van der Waals surface area contributed by atoms with E-state index in [9.17, 15) is 4.79 Å². The van der Waals surface area contributed by atoms with Crippen molar-refractivity contribution < 1.29 is 9.53 Å². The van der Waals surface area contributed by atoms with Gasteiger partial charge in [-0.2, -0.15) is 0 Å². The molecule has 14 heavy (non-hydrogen) atoms. The summed E-state index contributed by atoms with van der Waals surface area (Å²) in [5.74, 6) is 0.188. The Bertz CT molecular complexity index is 295. The maximum Gasteiger partial charge on any atom is 0.255 e. The quantitative estimate of drug-likeness (QED) is 0.707. The van der Waals surface area contributed by atoms with Gasteiger partial charge in [-0.1, -0.05) is 12.1 Å². The van der Waals surface area contributed by atoms with Gasteiger partial charge in [-0.25, -0.2) is 0 Å². The van der Waals surface area contributed by atoms with Crippen LogP contribution in [-0.2, 0) is 11.3 Å². The number of primary amides is 1. The monoisotopic (exact) mass is 194 g/mol. The number of nitrogens with two attached hydrogens (primary N) is 1. The molecule has 0 unspecified atom stereocenters. The molecule has 4 heteroatoms. The molecule has 3 N–H and O–H groups in total. The van der Waals surface area contributed by atoms with Gasteiger partial charge in [0.05, 0.1) is 0 Å². The van der Waals surface area contributed by atoms with Crippen molar-refractivity contribution in [3.63, 3.8) is 0 Å². The number of carbonyl (C=O) groups is 1. The predicted molar refractivity (Wildman–Crippen MR) is 53.9 cm³/mol. The highest BCUT2D eigenvalue weighted by molar-refractivity contribution is 5.75. The minimum Gasteiger partial charge on any atom is -0.484 e. The third-order valence-corrected chi connectivity index (χ3v) is 1.69.